The zero-order valence-corrected chi connectivity index (χ0v) is 21.2. The van der Waals surface area contributed by atoms with Crippen molar-refractivity contribution in [2.24, 2.45) is 0 Å². The molecule has 168 valence electrons. The van der Waals surface area contributed by atoms with Crippen molar-refractivity contribution in [3.63, 3.8) is 0 Å². The Labute approximate surface area is 189 Å². The van der Waals surface area contributed by atoms with Crippen LogP contribution in [-0.4, -0.2) is 9.79 Å². The van der Waals surface area contributed by atoms with E-state index in [-0.39, 0.29) is 0 Å². The molecule has 0 fully saturated rings. The van der Waals surface area contributed by atoms with Gasteiger partial charge in [-0.3, -0.25) is 0 Å². The second-order valence-corrected chi connectivity index (χ2v) is 14.1. The third kappa shape index (κ3) is 13.9. The molecule has 2 N–H and O–H groups in total. The number of hydrogen-bond donors (Lipinski definition) is 2. The van der Waals surface area contributed by atoms with E-state index >= 15 is 0 Å². The SMILES string of the molecule is CCCCCCCCCc1cccc(CCCCCCCCC)c1SP(O)(O)=S. The Morgan fingerprint density at radius 1 is 0.690 bits per heavy atom. The van der Waals surface area contributed by atoms with E-state index in [0.29, 0.717) is 0 Å². The predicted molar refractivity (Wildman–Crippen MR) is 134 cm³/mol. The van der Waals surface area contributed by atoms with Crippen LogP contribution < -0.4 is 0 Å². The second kappa shape index (κ2) is 16.8. The molecule has 0 spiro atoms. The summed E-state index contributed by atoms with van der Waals surface area (Å²) >= 11 is 6.10. The first-order valence-corrected chi connectivity index (χ1v) is 16.0. The molecule has 29 heavy (non-hydrogen) atoms. The lowest BCUT2D eigenvalue weighted by Gasteiger charge is -2.16. The highest BCUT2D eigenvalue weighted by molar-refractivity contribution is 8.67. The zero-order valence-electron chi connectivity index (χ0n) is 18.7. The maximum absolute atomic E-state index is 9.95. The van der Waals surface area contributed by atoms with E-state index in [1.807, 2.05) is 0 Å². The number of aryl methyl sites for hydroxylation is 2. The minimum Gasteiger partial charge on any atom is -0.337 e. The molecule has 0 amide bonds. The topological polar surface area (TPSA) is 40.5 Å². The smallest absolute Gasteiger partial charge is 0.246 e. The summed E-state index contributed by atoms with van der Waals surface area (Å²) in [5.41, 5.74) is -0.804. The van der Waals surface area contributed by atoms with Gasteiger partial charge in [0.05, 0.1) is 0 Å². The number of unbranched alkanes of at least 4 members (excludes halogenated alkanes) is 12. The Morgan fingerprint density at radius 2 is 1.07 bits per heavy atom. The van der Waals surface area contributed by atoms with Gasteiger partial charge in [-0.15, -0.1) is 0 Å². The average molecular weight is 459 g/mol. The van der Waals surface area contributed by atoms with Crippen LogP contribution in [0.25, 0.3) is 0 Å². The van der Waals surface area contributed by atoms with Crippen molar-refractivity contribution in [2.75, 3.05) is 0 Å². The lowest BCUT2D eigenvalue weighted by atomic mass is 9.99. The molecule has 0 heterocycles. The van der Waals surface area contributed by atoms with Gasteiger partial charge in [0.2, 0.25) is 5.69 Å². The third-order valence-corrected chi connectivity index (χ3v) is 8.36. The maximum atomic E-state index is 9.95. The molecule has 1 aromatic carbocycles. The van der Waals surface area contributed by atoms with Crippen molar-refractivity contribution in [3.05, 3.63) is 29.3 Å². The molecule has 2 nitrogen and oxygen atoms in total. The molecule has 0 bridgehead atoms. The summed E-state index contributed by atoms with van der Waals surface area (Å²) in [7, 11) is 0. The van der Waals surface area contributed by atoms with Crippen LogP contribution in [0.5, 0.6) is 0 Å². The van der Waals surface area contributed by atoms with Crippen LogP contribution in [0.1, 0.15) is 115 Å². The summed E-state index contributed by atoms with van der Waals surface area (Å²) in [6.07, 6.45) is 20.1. The van der Waals surface area contributed by atoms with Crippen molar-refractivity contribution >= 4 is 28.9 Å². The van der Waals surface area contributed by atoms with Crippen LogP contribution in [-0.2, 0) is 24.6 Å². The van der Waals surface area contributed by atoms with E-state index in [2.05, 4.69) is 32.0 Å². The molecule has 0 radical (unpaired) electrons. The predicted octanol–water partition coefficient (Wildman–Crippen LogP) is 8.57. The lowest BCUT2D eigenvalue weighted by Crippen LogP contribution is -1.96. The van der Waals surface area contributed by atoms with E-state index in [0.717, 1.165) is 29.1 Å². The Morgan fingerprint density at radius 3 is 1.45 bits per heavy atom. The fourth-order valence-corrected chi connectivity index (χ4v) is 6.71. The fourth-order valence-electron chi connectivity index (χ4n) is 3.81. The van der Waals surface area contributed by atoms with E-state index in [1.54, 1.807) is 0 Å². The molecule has 0 atom stereocenters. The van der Waals surface area contributed by atoms with Crippen LogP contribution in [0.2, 0.25) is 0 Å². The Balaban J connectivity index is 2.56. The highest BCUT2D eigenvalue weighted by atomic mass is 32.9. The quantitative estimate of drug-likeness (QED) is 0.171. The van der Waals surface area contributed by atoms with Gasteiger partial charge in [-0.05, 0) is 60.0 Å². The van der Waals surface area contributed by atoms with Gasteiger partial charge in [0.15, 0.2) is 0 Å². The largest absolute Gasteiger partial charge is 0.337 e. The first-order valence-electron chi connectivity index (χ1n) is 11.8. The number of hydrogen-bond acceptors (Lipinski definition) is 2. The molecular formula is C24H43O2PS2. The monoisotopic (exact) mass is 458 g/mol. The van der Waals surface area contributed by atoms with Crippen LogP contribution >= 0.6 is 17.1 Å². The van der Waals surface area contributed by atoms with Gasteiger partial charge in [-0.2, -0.15) is 0 Å². The van der Waals surface area contributed by atoms with Crippen molar-refractivity contribution in [1.29, 1.82) is 0 Å². The fraction of sp³-hybridized carbons (Fsp3) is 0.750. The third-order valence-electron chi connectivity index (χ3n) is 5.49. The molecule has 1 rings (SSSR count). The second-order valence-electron chi connectivity index (χ2n) is 8.23. The Kier molecular flexibility index (Phi) is 15.7. The lowest BCUT2D eigenvalue weighted by molar-refractivity contribution is 0.502. The zero-order chi connectivity index (χ0) is 21.4. The molecule has 0 aliphatic rings. The Hall–Kier alpha value is 0.140. The molecular weight excluding hydrogens is 415 g/mol. The van der Waals surface area contributed by atoms with Gasteiger partial charge in [-0.1, -0.05) is 109 Å². The average Bonchev–Trinajstić information content (AvgIpc) is 2.67. The molecule has 5 heteroatoms. The van der Waals surface area contributed by atoms with Crippen LogP contribution in [0.15, 0.2) is 23.1 Å². The summed E-state index contributed by atoms with van der Waals surface area (Å²) in [5.74, 6) is 0. The van der Waals surface area contributed by atoms with E-state index < -0.39 is 5.69 Å². The molecule has 0 aliphatic carbocycles. The minimum absolute atomic E-state index is 1.01. The summed E-state index contributed by atoms with van der Waals surface area (Å²) < 4.78 is 0. The highest BCUT2D eigenvalue weighted by Crippen LogP contribution is 2.56. The minimum atomic E-state index is -3.31. The van der Waals surface area contributed by atoms with Crippen molar-refractivity contribution in [2.45, 2.75) is 121 Å². The van der Waals surface area contributed by atoms with Gasteiger partial charge in [-0.25, -0.2) is 0 Å². The number of benzene rings is 1. The molecule has 1 aromatic rings. The number of rotatable bonds is 18. The molecule has 0 aromatic heterocycles. The van der Waals surface area contributed by atoms with E-state index in [4.69, 9.17) is 11.8 Å². The van der Waals surface area contributed by atoms with E-state index in [1.165, 1.54) is 101 Å². The van der Waals surface area contributed by atoms with Gasteiger partial charge >= 0.3 is 0 Å². The van der Waals surface area contributed by atoms with Crippen molar-refractivity contribution < 1.29 is 9.79 Å². The summed E-state index contributed by atoms with van der Waals surface area (Å²) in [6.45, 7) is 4.51. The Bertz CT molecular complexity index is 550. The molecule has 0 aliphatic heterocycles. The molecule has 0 saturated heterocycles. The van der Waals surface area contributed by atoms with Gasteiger partial charge < -0.3 is 9.79 Å². The standard InChI is InChI=1S/C24H43O2PS2/c1-3-5-7-9-11-13-15-18-22-20-17-21-23(24(22)29-27(25,26)28)19-16-14-12-10-8-6-4-2/h17,20-21H,3-16,18-19H2,1-2H3,(H2,25,26,28). The summed E-state index contributed by atoms with van der Waals surface area (Å²) in [4.78, 5) is 21.0. The van der Waals surface area contributed by atoms with Crippen LogP contribution in [0, 0.1) is 0 Å². The molecule has 0 unspecified atom stereocenters. The van der Waals surface area contributed by atoms with Gasteiger partial charge in [0, 0.05) is 4.90 Å². The van der Waals surface area contributed by atoms with Crippen molar-refractivity contribution in [3.8, 4) is 0 Å². The van der Waals surface area contributed by atoms with Crippen LogP contribution in [0.4, 0.5) is 0 Å². The first-order chi connectivity index (χ1) is 14.0. The normalized spacial score (nSPS) is 11.9. The summed E-state index contributed by atoms with van der Waals surface area (Å²) in [6, 6.07) is 6.44. The summed E-state index contributed by atoms with van der Waals surface area (Å²) in [5, 5.41) is 0. The van der Waals surface area contributed by atoms with Gasteiger partial charge in [0.1, 0.15) is 0 Å². The van der Waals surface area contributed by atoms with Gasteiger partial charge in [0.25, 0.3) is 0 Å². The molecule has 0 saturated carbocycles. The van der Waals surface area contributed by atoms with Crippen molar-refractivity contribution in [1.82, 2.24) is 0 Å². The van der Waals surface area contributed by atoms with E-state index in [9.17, 15) is 9.79 Å². The van der Waals surface area contributed by atoms with Crippen LogP contribution in [0.3, 0.4) is 0 Å². The maximum Gasteiger partial charge on any atom is 0.246 e. The highest BCUT2D eigenvalue weighted by Gasteiger charge is 2.17. The first kappa shape index (κ1) is 27.2.